The number of carbonyl (C=O) groups excluding carboxylic acids is 2. The zero-order valence-electron chi connectivity index (χ0n) is 19.3. The molecular weight excluding hydrogens is 517 g/mol. The summed E-state index contributed by atoms with van der Waals surface area (Å²) in [5, 5.41) is 9.46. The van der Waals surface area contributed by atoms with Crippen LogP contribution in [0.4, 0.5) is 0 Å². The fourth-order valence-corrected chi connectivity index (χ4v) is 2.87. The van der Waals surface area contributed by atoms with Crippen molar-refractivity contribution in [3.63, 3.8) is 0 Å². The molecule has 0 aliphatic rings. The molecule has 0 heterocycles. The van der Waals surface area contributed by atoms with Gasteiger partial charge in [0, 0.05) is 51.9 Å². The highest BCUT2D eigenvalue weighted by Gasteiger charge is 2.08. The van der Waals surface area contributed by atoms with E-state index in [-0.39, 0.29) is 35.8 Å². The lowest BCUT2D eigenvalue weighted by molar-refractivity contribution is 0.0827. The number of guanidine groups is 1. The van der Waals surface area contributed by atoms with Crippen LogP contribution in [-0.2, 0) is 13.1 Å². The van der Waals surface area contributed by atoms with Gasteiger partial charge in [-0.25, -0.2) is 0 Å². The first-order chi connectivity index (χ1) is 14.9. The van der Waals surface area contributed by atoms with Crippen molar-refractivity contribution < 1.29 is 9.59 Å². The predicted octanol–water partition coefficient (Wildman–Crippen LogP) is 3.40. The van der Waals surface area contributed by atoms with Gasteiger partial charge in [0.05, 0.1) is 0 Å². The van der Waals surface area contributed by atoms with E-state index in [0.717, 1.165) is 24.0 Å². The Morgan fingerprint density at radius 1 is 0.844 bits per heavy atom. The van der Waals surface area contributed by atoms with E-state index in [1.807, 2.05) is 48.5 Å². The number of aliphatic imine (C=N–C) groups is 1. The van der Waals surface area contributed by atoms with E-state index in [0.29, 0.717) is 36.7 Å². The van der Waals surface area contributed by atoms with Gasteiger partial charge in [-0.2, -0.15) is 0 Å². The molecule has 7 nitrogen and oxygen atoms in total. The number of hydrogen-bond donors (Lipinski definition) is 3. The van der Waals surface area contributed by atoms with Crippen LogP contribution in [0.25, 0.3) is 0 Å². The van der Waals surface area contributed by atoms with Gasteiger partial charge in [0.15, 0.2) is 5.96 Å². The second-order valence-corrected chi connectivity index (χ2v) is 7.48. The Balaban J connectivity index is 0.00000512. The van der Waals surface area contributed by atoms with Crippen molar-refractivity contribution >= 4 is 41.8 Å². The first kappa shape index (κ1) is 27.4. The molecular formula is C24H34IN5O2. The van der Waals surface area contributed by atoms with E-state index in [2.05, 4.69) is 27.9 Å². The quantitative estimate of drug-likeness (QED) is 0.193. The van der Waals surface area contributed by atoms with Crippen LogP contribution in [0.1, 0.15) is 51.6 Å². The monoisotopic (exact) mass is 551 g/mol. The summed E-state index contributed by atoms with van der Waals surface area (Å²) in [6.07, 6.45) is 2.04. The Morgan fingerprint density at radius 2 is 1.34 bits per heavy atom. The third-order valence-electron chi connectivity index (χ3n) is 4.78. The number of halogens is 1. The topological polar surface area (TPSA) is 85.8 Å². The number of benzene rings is 2. The highest BCUT2D eigenvalue weighted by atomic mass is 127. The summed E-state index contributed by atoms with van der Waals surface area (Å²) in [5.74, 6) is 0.625. The third-order valence-corrected chi connectivity index (χ3v) is 4.78. The van der Waals surface area contributed by atoms with Gasteiger partial charge >= 0.3 is 0 Å². The Morgan fingerprint density at radius 3 is 1.78 bits per heavy atom. The van der Waals surface area contributed by atoms with E-state index in [9.17, 15) is 9.59 Å². The molecule has 0 fully saturated rings. The molecule has 0 unspecified atom stereocenters. The van der Waals surface area contributed by atoms with E-state index < -0.39 is 0 Å². The Bertz CT molecular complexity index is 880. The maximum Gasteiger partial charge on any atom is 0.253 e. The fraction of sp³-hybridized carbons (Fsp3) is 0.375. The molecule has 0 bridgehead atoms. The van der Waals surface area contributed by atoms with Gasteiger partial charge in [0.1, 0.15) is 0 Å². The number of nitrogens with one attached hydrogen (secondary N) is 3. The van der Waals surface area contributed by atoms with Gasteiger partial charge in [-0.15, -0.1) is 24.0 Å². The highest BCUT2D eigenvalue weighted by Crippen LogP contribution is 2.07. The van der Waals surface area contributed by atoms with Gasteiger partial charge in [-0.3, -0.25) is 14.6 Å². The molecule has 0 aromatic heterocycles. The number of nitrogens with zero attached hydrogens (tertiary/aromatic N) is 2. The van der Waals surface area contributed by atoms with Crippen molar-refractivity contribution in [3.8, 4) is 0 Å². The zero-order chi connectivity index (χ0) is 22.6. The minimum absolute atomic E-state index is 0. The predicted molar refractivity (Wildman–Crippen MR) is 141 cm³/mol. The second kappa shape index (κ2) is 14.4. The molecule has 2 amide bonds. The molecule has 0 saturated carbocycles. The molecule has 0 aliphatic heterocycles. The van der Waals surface area contributed by atoms with Crippen LogP contribution >= 0.6 is 24.0 Å². The van der Waals surface area contributed by atoms with Crippen LogP contribution in [0.3, 0.4) is 0 Å². The maximum absolute atomic E-state index is 12.1. The number of carbonyl (C=O) groups is 2. The summed E-state index contributed by atoms with van der Waals surface area (Å²) in [6.45, 7) is 3.98. The largest absolute Gasteiger partial charge is 0.352 e. The lowest BCUT2D eigenvalue weighted by Gasteiger charge is -2.13. The average Bonchev–Trinajstić information content (AvgIpc) is 2.79. The Hall–Kier alpha value is -2.62. The van der Waals surface area contributed by atoms with Crippen LogP contribution in [0, 0.1) is 0 Å². The fourth-order valence-electron chi connectivity index (χ4n) is 2.87. The standard InChI is InChI=1S/C24H33N5O2.HI/c1-5-6-15-26-22(30)20-11-7-18(8-12-20)16-27-24(25-2)28-17-19-9-13-21(14-10-19)23(31)29(3)4;/h7-14H,5-6,15-17H2,1-4H3,(H,26,30)(H2,25,27,28);1H. The summed E-state index contributed by atoms with van der Waals surface area (Å²) in [5.41, 5.74) is 3.44. The van der Waals surface area contributed by atoms with E-state index in [1.54, 1.807) is 26.0 Å². The summed E-state index contributed by atoms with van der Waals surface area (Å²) in [4.78, 5) is 29.8. The van der Waals surface area contributed by atoms with Gasteiger partial charge < -0.3 is 20.9 Å². The van der Waals surface area contributed by atoms with Crippen molar-refractivity contribution in [2.75, 3.05) is 27.7 Å². The van der Waals surface area contributed by atoms with Crippen molar-refractivity contribution in [3.05, 3.63) is 70.8 Å². The lowest BCUT2D eigenvalue weighted by Crippen LogP contribution is -2.36. The number of rotatable bonds is 9. The van der Waals surface area contributed by atoms with Crippen molar-refractivity contribution in [1.82, 2.24) is 20.9 Å². The number of hydrogen-bond acceptors (Lipinski definition) is 3. The number of unbranched alkanes of at least 4 members (excludes halogenated alkanes) is 1. The molecule has 0 spiro atoms. The SMILES string of the molecule is CCCCNC(=O)c1ccc(CNC(=NC)NCc2ccc(C(=O)N(C)C)cc2)cc1.I. The molecule has 0 radical (unpaired) electrons. The van der Waals surface area contributed by atoms with Gasteiger partial charge in [0.25, 0.3) is 11.8 Å². The Kier molecular flexibility index (Phi) is 12.4. The minimum atomic E-state index is -0.0382. The van der Waals surface area contributed by atoms with Crippen LogP contribution < -0.4 is 16.0 Å². The first-order valence-electron chi connectivity index (χ1n) is 10.6. The normalized spacial score (nSPS) is 10.7. The van der Waals surface area contributed by atoms with Gasteiger partial charge in [-0.05, 0) is 41.8 Å². The molecule has 2 aromatic rings. The third kappa shape index (κ3) is 8.86. The smallest absolute Gasteiger partial charge is 0.253 e. The molecule has 2 rings (SSSR count). The van der Waals surface area contributed by atoms with Crippen LogP contribution in [0.2, 0.25) is 0 Å². The molecule has 2 aromatic carbocycles. The van der Waals surface area contributed by atoms with E-state index >= 15 is 0 Å². The lowest BCUT2D eigenvalue weighted by atomic mass is 10.1. The van der Waals surface area contributed by atoms with Crippen LogP contribution in [0.15, 0.2) is 53.5 Å². The minimum Gasteiger partial charge on any atom is -0.352 e. The highest BCUT2D eigenvalue weighted by molar-refractivity contribution is 14.0. The number of amides is 2. The van der Waals surface area contributed by atoms with E-state index in [4.69, 9.17) is 0 Å². The summed E-state index contributed by atoms with van der Waals surface area (Å²) < 4.78 is 0. The molecule has 3 N–H and O–H groups in total. The maximum atomic E-state index is 12.1. The zero-order valence-corrected chi connectivity index (χ0v) is 21.6. The first-order valence-corrected chi connectivity index (χ1v) is 10.6. The summed E-state index contributed by atoms with van der Waals surface area (Å²) in [6, 6.07) is 15.1. The van der Waals surface area contributed by atoms with Crippen LogP contribution in [0.5, 0.6) is 0 Å². The Labute approximate surface area is 208 Å². The van der Waals surface area contributed by atoms with Crippen molar-refractivity contribution in [2.45, 2.75) is 32.9 Å². The van der Waals surface area contributed by atoms with Crippen molar-refractivity contribution in [2.24, 2.45) is 4.99 Å². The molecule has 0 saturated heterocycles. The van der Waals surface area contributed by atoms with E-state index in [1.165, 1.54) is 0 Å². The molecule has 0 aliphatic carbocycles. The summed E-state index contributed by atoms with van der Waals surface area (Å²) in [7, 11) is 5.20. The average molecular weight is 551 g/mol. The van der Waals surface area contributed by atoms with Crippen LogP contribution in [-0.4, -0.2) is 50.4 Å². The second-order valence-electron chi connectivity index (χ2n) is 7.48. The van der Waals surface area contributed by atoms with Gasteiger partial charge in [0.2, 0.25) is 0 Å². The molecule has 174 valence electrons. The molecule has 8 heteroatoms. The van der Waals surface area contributed by atoms with Gasteiger partial charge in [-0.1, -0.05) is 37.6 Å². The molecule has 0 atom stereocenters. The van der Waals surface area contributed by atoms with Crippen molar-refractivity contribution in [1.29, 1.82) is 0 Å². The summed E-state index contributed by atoms with van der Waals surface area (Å²) >= 11 is 0. The molecule has 32 heavy (non-hydrogen) atoms.